The number of para-hydroxylation sites is 1. The lowest BCUT2D eigenvalue weighted by atomic mass is 10.0. The summed E-state index contributed by atoms with van der Waals surface area (Å²) in [6.45, 7) is 4.26. The summed E-state index contributed by atoms with van der Waals surface area (Å²) in [6, 6.07) is 5.86. The summed E-state index contributed by atoms with van der Waals surface area (Å²) in [7, 11) is 0. The van der Waals surface area contributed by atoms with Gasteiger partial charge in [0.2, 0.25) is 0 Å². The Balaban J connectivity index is 2.40. The Morgan fingerprint density at radius 3 is 2.50 bits per heavy atom. The van der Waals surface area contributed by atoms with Crippen LogP contribution in [-0.4, -0.2) is 11.1 Å². The molecule has 0 saturated heterocycles. The maximum Gasteiger partial charge on any atom is 0.133 e. The van der Waals surface area contributed by atoms with E-state index in [2.05, 4.69) is 29.8 Å². The first-order valence-corrected chi connectivity index (χ1v) is 5.48. The predicted molar refractivity (Wildman–Crippen MR) is 60.3 cm³/mol. The summed E-state index contributed by atoms with van der Waals surface area (Å²) in [5.74, 6) is 0.610. The highest BCUT2D eigenvalue weighted by molar-refractivity contribution is 9.10. The number of phenols is 1. The first kappa shape index (κ1) is 9.99. The van der Waals surface area contributed by atoms with Crippen molar-refractivity contribution in [1.29, 1.82) is 0 Å². The minimum atomic E-state index is 0.109. The molecule has 0 aliphatic heterocycles. The molecule has 0 radical (unpaired) electrons. The fraction of sp³-hybridized carbons (Fsp3) is 0.455. The Labute approximate surface area is 92.3 Å². The summed E-state index contributed by atoms with van der Waals surface area (Å²) >= 11 is 3.31. The van der Waals surface area contributed by atoms with Crippen LogP contribution in [0.15, 0.2) is 22.7 Å². The van der Waals surface area contributed by atoms with Gasteiger partial charge in [-0.1, -0.05) is 26.0 Å². The molecule has 1 aliphatic rings. The van der Waals surface area contributed by atoms with Crippen molar-refractivity contribution in [2.24, 2.45) is 11.1 Å². The molecule has 0 aromatic heterocycles. The highest BCUT2D eigenvalue weighted by Gasteiger charge is 2.57. The van der Waals surface area contributed by atoms with Crippen LogP contribution in [0.2, 0.25) is 0 Å². The topological polar surface area (TPSA) is 46.2 Å². The van der Waals surface area contributed by atoms with E-state index in [9.17, 15) is 5.11 Å². The Bertz CT molecular complexity index is 376. The molecule has 3 N–H and O–H groups in total. The maximum atomic E-state index is 9.86. The number of hydrogen-bond acceptors (Lipinski definition) is 2. The number of halogens is 1. The smallest absolute Gasteiger partial charge is 0.133 e. The second-order valence-electron chi connectivity index (χ2n) is 4.50. The molecule has 2 atom stereocenters. The fourth-order valence-electron chi connectivity index (χ4n) is 2.05. The van der Waals surface area contributed by atoms with E-state index in [-0.39, 0.29) is 17.4 Å². The molecule has 76 valence electrons. The van der Waals surface area contributed by atoms with Crippen LogP contribution in [0.5, 0.6) is 5.75 Å². The zero-order valence-corrected chi connectivity index (χ0v) is 9.88. The van der Waals surface area contributed by atoms with Gasteiger partial charge in [0.1, 0.15) is 5.75 Å². The Morgan fingerprint density at radius 2 is 2.00 bits per heavy atom. The standard InChI is InChI=1S/C11H14BrNO/c1-11(2)8(10(11)13)6-4-3-5-7(12)9(6)14/h3-5,8,10,14H,13H2,1-2H3. The number of rotatable bonds is 1. The minimum absolute atomic E-state index is 0.109. The molecular formula is C11H14BrNO. The van der Waals surface area contributed by atoms with Gasteiger partial charge in [0, 0.05) is 17.5 Å². The lowest BCUT2D eigenvalue weighted by Gasteiger charge is -2.06. The molecular weight excluding hydrogens is 242 g/mol. The van der Waals surface area contributed by atoms with Crippen molar-refractivity contribution in [1.82, 2.24) is 0 Å². The first-order chi connectivity index (χ1) is 6.46. The van der Waals surface area contributed by atoms with Gasteiger partial charge in [0.25, 0.3) is 0 Å². The molecule has 2 unspecified atom stereocenters. The van der Waals surface area contributed by atoms with E-state index in [4.69, 9.17) is 5.73 Å². The van der Waals surface area contributed by atoms with Crippen LogP contribution >= 0.6 is 15.9 Å². The molecule has 14 heavy (non-hydrogen) atoms. The van der Waals surface area contributed by atoms with Gasteiger partial charge in [0.15, 0.2) is 0 Å². The lowest BCUT2D eigenvalue weighted by molar-refractivity contribution is 0.461. The monoisotopic (exact) mass is 255 g/mol. The molecule has 2 rings (SSSR count). The molecule has 0 spiro atoms. The zero-order valence-electron chi connectivity index (χ0n) is 8.29. The molecule has 1 aromatic carbocycles. The maximum absolute atomic E-state index is 9.86. The van der Waals surface area contributed by atoms with Crippen molar-refractivity contribution >= 4 is 15.9 Å². The molecule has 1 saturated carbocycles. The van der Waals surface area contributed by atoms with Crippen molar-refractivity contribution in [3.05, 3.63) is 28.2 Å². The number of phenolic OH excluding ortho intramolecular Hbond substituents is 1. The number of aromatic hydroxyl groups is 1. The van der Waals surface area contributed by atoms with E-state index in [1.807, 2.05) is 18.2 Å². The van der Waals surface area contributed by atoms with E-state index in [0.29, 0.717) is 5.75 Å². The minimum Gasteiger partial charge on any atom is -0.506 e. The van der Waals surface area contributed by atoms with Crippen molar-refractivity contribution in [3.63, 3.8) is 0 Å². The van der Waals surface area contributed by atoms with Gasteiger partial charge < -0.3 is 10.8 Å². The van der Waals surface area contributed by atoms with Crippen LogP contribution in [0.1, 0.15) is 25.3 Å². The molecule has 1 aromatic rings. The van der Waals surface area contributed by atoms with E-state index >= 15 is 0 Å². The van der Waals surface area contributed by atoms with Crippen LogP contribution in [-0.2, 0) is 0 Å². The molecule has 3 heteroatoms. The third kappa shape index (κ3) is 1.27. The van der Waals surface area contributed by atoms with Crippen molar-refractivity contribution in [3.8, 4) is 5.75 Å². The Morgan fingerprint density at radius 1 is 1.43 bits per heavy atom. The highest BCUT2D eigenvalue weighted by Crippen LogP contribution is 2.59. The molecule has 0 bridgehead atoms. The number of nitrogens with two attached hydrogens (primary N) is 1. The number of hydrogen-bond donors (Lipinski definition) is 2. The summed E-state index contributed by atoms with van der Waals surface area (Å²) in [6.07, 6.45) is 0. The largest absolute Gasteiger partial charge is 0.506 e. The fourth-order valence-corrected chi connectivity index (χ4v) is 2.44. The van der Waals surface area contributed by atoms with Gasteiger partial charge in [-0.3, -0.25) is 0 Å². The van der Waals surface area contributed by atoms with Crippen molar-refractivity contribution in [2.45, 2.75) is 25.8 Å². The summed E-state index contributed by atoms with van der Waals surface area (Å²) in [4.78, 5) is 0. The van der Waals surface area contributed by atoms with Crippen LogP contribution in [0.25, 0.3) is 0 Å². The second kappa shape index (κ2) is 2.97. The van der Waals surface area contributed by atoms with E-state index < -0.39 is 0 Å². The van der Waals surface area contributed by atoms with Gasteiger partial charge in [-0.25, -0.2) is 0 Å². The average molecular weight is 256 g/mol. The lowest BCUT2D eigenvalue weighted by Crippen LogP contribution is -2.06. The summed E-state index contributed by atoms with van der Waals surface area (Å²) in [5, 5.41) is 9.86. The predicted octanol–water partition coefficient (Wildman–Crippen LogP) is 2.61. The quantitative estimate of drug-likeness (QED) is 0.811. The summed E-state index contributed by atoms with van der Waals surface area (Å²) in [5.41, 5.74) is 7.03. The second-order valence-corrected chi connectivity index (χ2v) is 5.36. The van der Waals surface area contributed by atoms with Gasteiger partial charge in [-0.05, 0) is 27.4 Å². The first-order valence-electron chi connectivity index (χ1n) is 4.69. The Hall–Kier alpha value is -0.540. The van der Waals surface area contributed by atoms with Crippen LogP contribution in [0.3, 0.4) is 0 Å². The van der Waals surface area contributed by atoms with E-state index in [0.717, 1.165) is 10.0 Å². The Kier molecular flexibility index (Phi) is 2.12. The van der Waals surface area contributed by atoms with Gasteiger partial charge in [0.05, 0.1) is 4.47 Å². The van der Waals surface area contributed by atoms with Crippen LogP contribution in [0, 0.1) is 5.41 Å². The van der Waals surface area contributed by atoms with Crippen LogP contribution in [0.4, 0.5) is 0 Å². The SMILES string of the molecule is CC1(C)C(N)C1c1cccc(Br)c1O. The molecule has 2 nitrogen and oxygen atoms in total. The summed E-state index contributed by atoms with van der Waals surface area (Å²) < 4.78 is 0.741. The third-order valence-corrected chi connectivity index (χ3v) is 3.90. The van der Waals surface area contributed by atoms with E-state index in [1.54, 1.807) is 0 Å². The third-order valence-electron chi connectivity index (χ3n) is 3.26. The van der Waals surface area contributed by atoms with Gasteiger partial charge >= 0.3 is 0 Å². The average Bonchev–Trinajstić information content (AvgIpc) is 2.59. The van der Waals surface area contributed by atoms with Gasteiger partial charge in [-0.15, -0.1) is 0 Å². The molecule has 1 aliphatic carbocycles. The van der Waals surface area contributed by atoms with Crippen LogP contribution < -0.4 is 5.73 Å². The van der Waals surface area contributed by atoms with E-state index in [1.165, 1.54) is 0 Å². The number of benzene rings is 1. The molecule has 0 heterocycles. The molecule has 0 amide bonds. The zero-order chi connectivity index (χ0) is 10.5. The molecule has 1 fully saturated rings. The normalized spacial score (nSPS) is 28.9. The van der Waals surface area contributed by atoms with Crippen molar-refractivity contribution < 1.29 is 5.11 Å². The highest BCUT2D eigenvalue weighted by atomic mass is 79.9. The van der Waals surface area contributed by atoms with Gasteiger partial charge in [-0.2, -0.15) is 0 Å². The van der Waals surface area contributed by atoms with Crippen molar-refractivity contribution in [2.75, 3.05) is 0 Å².